The zero-order chi connectivity index (χ0) is 14.6. The molecule has 0 unspecified atom stereocenters. The minimum atomic E-state index is -4.19. The smallest absolute Gasteiger partial charge is 0.390 e. The second-order valence-electron chi connectivity index (χ2n) is 4.05. The molecule has 1 aromatic carbocycles. The lowest BCUT2D eigenvalue weighted by Gasteiger charge is -2.23. The average molecular weight is 278 g/mol. The number of methoxy groups -OCH3 is 2. The van der Waals surface area contributed by atoms with Gasteiger partial charge < -0.3 is 20.1 Å². The molecule has 108 valence electrons. The Labute approximate surface area is 109 Å². The Morgan fingerprint density at radius 3 is 2.16 bits per heavy atom. The van der Waals surface area contributed by atoms with Crippen molar-refractivity contribution >= 4 is 11.4 Å². The molecule has 1 aromatic rings. The number of nitrogens with two attached hydrogens (primary N) is 1. The lowest BCUT2D eigenvalue weighted by Crippen LogP contribution is -2.24. The van der Waals surface area contributed by atoms with E-state index in [2.05, 4.69) is 0 Å². The molecule has 0 aliphatic carbocycles. The molecular formula is C12H17F3N2O2. The summed E-state index contributed by atoms with van der Waals surface area (Å²) in [6, 6.07) is 3.09. The Balaban J connectivity index is 2.93. The molecule has 0 aromatic heterocycles. The molecule has 0 spiro atoms. The van der Waals surface area contributed by atoms with Crippen LogP contribution >= 0.6 is 0 Å². The van der Waals surface area contributed by atoms with Gasteiger partial charge in [-0.3, -0.25) is 0 Å². The molecule has 19 heavy (non-hydrogen) atoms. The first-order valence-electron chi connectivity index (χ1n) is 5.58. The summed E-state index contributed by atoms with van der Waals surface area (Å²) in [5.41, 5.74) is 6.61. The number of rotatable bonds is 5. The van der Waals surface area contributed by atoms with Crippen LogP contribution in [-0.4, -0.2) is 34.0 Å². The maximum atomic E-state index is 12.2. The summed E-state index contributed by atoms with van der Waals surface area (Å²) in [6.45, 7) is -0.177. The van der Waals surface area contributed by atoms with Gasteiger partial charge in [-0.2, -0.15) is 13.2 Å². The SMILES string of the molecule is COc1cc(N)c(N(C)CCC(F)(F)F)cc1OC. The van der Waals surface area contributed by atoms with Crippen molar-refractivity contribution < 1.29 is 22.6 Å². The number of ether oxygens (including phenoxy) is 2. The van der Waals surface area contributed by atoms with Gasteiger partial charge in [0.05, 0.1) is 32.0 Å². The number of alkyl halides is 3. The highest BCUT2D eigenvalue weighted by molar-refractivity contribution is 5.72. The minimum Gasteiger partial charge on any atom is -0.493 e. The predicted octanol–water partition coefficient (Wildman–Crippen LogP) is 2.67. The van der Waals surface area contributed by atoms with E-state index in [9.17, 15) is 13.2 Å². The number of hydrogen-bond donors (Lipinski definition) is 1. The molecule has 0 atom stereocenters. The largest absolute Gasteiger partial charge is 0.493 e. The summed E-state index contributed by atoms with van der Waals surface area (Å²) < 4.78 is 46.7. The van der Waals surface area contributed by atoms with E-state index in [0.717, 1.165) is 0 Å². The van der Waals surface area contributed by atoms with Crippen LogP contribution in [0.4, 0.5) is 24.5 Å². The van der Waals surface area contributed by atoms with E-state index in [1.54, 1.807) is 13.1 Å². The molecule has 0 aliphatic rings. The molecule has 1 rings (SSSR count). The maximum absolute atomic E-state index is 12.2. The lowest BCUT2D eigenvalue weighted by atomic mass is 10.2. The number of halogens is 3. The Morgan fingerprint density at radius 1 is 1.16 bits per heavy atom. The van der Waals surface area contributed by atoms with E-state index < -0.39 is 12.6 Å². The van der Waals surface area contributed by atoms with E-state index in [-0.39, 0.29) is 6.54 Å². The van der Waals surface area contributed by atoms with Crippen molar-refractivity contribution in [2.75, 3.05) is 38.4 Å². The van der Waals surface area contributed by atoms with Crippen LogP contribution in [0.25, 0.3) is 0 Å². The summed E-state index contributed by atoms with van der Waals surface area (Å²) in [6.07, 6.45) is -5.10. The summed E-state index contributed by atoms with van der Waals surface area (Å²) in [7, 11) is 4.46. The highest BCUT2D eigenvalue weighted by Crippen LogP contribution is 2.36. The van der Waals surface area contributed by atoms with Crippen LogP contribution in [0.1, 0.15) is 6.42 Å². The molecule has 2 N–H and O–H groups in total. The minimum absolute atomic E-state index is 0.177. The molecule has 0 fully saturated rings. The molecular weight excluding hydrogens is 261 g/mol. The Morgan fingerprint density at radius 2 is 1.68 bits per heavy atom. The lowest BCUT2D eigenvalue weighted by molar-refractivity contribution is -0.132. The van der Waals surface area contributed by atoms with E-state index in [0.29, 0.717) is 22.9 Å². The fourth-order valence-corrected chi connectivity index (χ4v) is 1.63. The van der Waals surface area contributed by atoms with Crippen LogP contribution in [0, 0.1) is 0 Å². The van der Waals surface area contributed by atoms with E-state index in [4.69, 9.17) is 15.2 Å². The highest BCUT2D eigenvalue weighted by Gasteiger charge is 2.27. The molecule has 0 aliphatic heterocycles. The van der Waals surface area contributed by atoms with Crippen molar-refractivity contribution in [2.24, 2.45) is 0 Å². The van der Waals surface area contributed by atoms with Crippen molar-refractivity contribution in [2.45, 2.75) is 12.6 Å². The summed E-state index contributed by atoms with van der Waals surface area (Å²) in [5, 5.41) is 0. The van der Waals surface area contributed by atoms with Crippen LogP contribution in [0.15, 0.2) is 12.1 Å². The predicted molar refractivity (Wildman–Crippen MR) is 67.9 cm³/mol. The Kier molecular flexibility index (Phi) is 4.74. The molecule has 4 nitrogen and oxygen atoms in total. The number of anilines is 2. The fraction of sp³-hybridized carbons (Fsp3) is 0.500. The standard InChI is InChI=1S/C12H17F3N2O2/c1-17(5-4-12(13,14)15)9-7-11(19-3)10(18-2)6-8(9)16/h6-7H,4-5,16H2,1-3H3. The zero-order valence-electron chi connectivity index (χ0n) is 11.0. The molecule has 0 amide bonds. The first-order chi connectivity index (χ1) is 8.78. The third kappa shape index (κ3) is 4.11. The summed E-state index contributed by atoms with van der Waals surface area (Å²) >= 11 is 0. The third-order valence-electron chi connectivity index (χ3n) is 2.67. The van der Waals surface area contributed by atoms with Gasteiger partial charge in [0.1, 0.15) is 0 Å². The second-order valence-corrected chi connectivity index (χ2v) is 4.05. The van der Waals surface area contributed by atoms with E-state index in [1.807, 2.05) is 0 Å². The Bertz CT molecular complexity index is 436. The van der Waals surface area contributed by atoms with Crippen LogP contribution in [0.5, 0.6) is 11.5 Å². The van der Waals surface area contributed by atoms with Crippen molar-refractivity contribution in [3.8, 4) is 11.5 Å². The quantitative estimate of drug-likeness (QED) is 0.841. The summed E-state index contributed by atoms with van der Waals surface area (Å²) in [4.78, 5) is 1.44. The molecule has 7 heteroatoms. The van der Waals surface area contributed by atoms with E-state index >= 15 is 0 Å². The molecule has 0 radical (unpaired) electrons. The molecule has 0 saturated carbocycles. The molecule has 0 heterocycles. The summed E-state index contributed by atoms with van der Waals surface area (Å²) in [5.74, 6) is 0.860. The highest BCUT2D eigenvalue weighted by atomic mass is 19.4. The van der Waals surface area contributed by atoms with Gasteiger partial charge in [-0.1, -0.05) is 0 Å². The fourth-order valence-electron chi connectivity index (χ4n) is 1.63. The first kappa shape index (κ1) is 15.3. The number of nitrogen functional groups attached to an aromatic ring is 1. The van der Waals surface area contributed by atoms with Gasteiger partial charge in [0, 0.05) is 25.7 Å². The molecule has 0 saturated heterocycles. The van der Waals surface area contributed by atoms with Gasteiger partial charge in [0.2, 0.25) is 0 Å². The van der Waals surface area contributed by atoms with Crippen LogP contribution in [-0.2, 0) is 0 Å². The number of benzene rings is 1. The van der Waals surface area contributed by atoms with E-state index in [1.165, 1.54) is 25.2 Å². The van der Waals surface area contributed by atoms with Gasteiger partial charge in [-0.05, 0) is 0 Å². The van der Waals surface area contributed by atoms with Gasteiger partial charge in [-0.25, -0.2) is 0 Å². The Hall–Kier alpha value is -1.79. The van der Waals surface area contributed by atoms with Gasteiger partial charge in [0.25, 0.3) is 0 Å². The van der Waals surface area contributed by atoms with Crippen molar-refractivity contribution in [1.82, 2.24) is 0 Å². The topological polar surface area (TPSA) is 47.7 Å². The van der Waals surface area contributed by atoms with Gasteiger partial charge in [-0.15, -0.1) is 0 Å². The third-order valence-corrected chi connectivity index (χ3v) is 2.67. The molecule has 0 bridgehead atoms. The van der Waals surface area contributed by atoms with Crippen molar-refractivity contribution in [3.05, 3.63) is 12.1 Å². The average Bonchev–Trinajstić information content (AvgIpc) is 2.34. The second kappa shape index (κ2) is 5.90. The zero-order valence-corrected chi connectivity index (χ0v) is 11.0. The number of hydrogen-bond acceptors (Lipinski definition) is 4. The van der Waals surface area contributed by atoms with Crippen LogP contribution in [0.3, 0.4) is 0 Å². The monoisotopic (exact) mass is 278 g/mol. The van der Waals surface area contributed by atoms with Crippen molar-refractivity contribution in [1.29, 1.82) is 0 Å². The van der Waals surface area contributed by atoms with Crippen LogP contribution in [0.2, 0.25) is 0 Å². The van der Waals surface area contributed by atoms with Crippen LogP contribution < -0.4 is 20.1 Å². The normalized spacial score (nSPS) is 11.3. The van der Waals surface area contributed by atoms with Gasteiger partial charge in [0.15, 0.2) is 11.5 Å². The first-order valence-corrected chi connectivity index (χ1v) is 5.58. The maximum Gasteiger partial charge on any atom is 0.390 e. The number of nitrogens with zero attached hydrogens (tertiary/aromatic N) is 1. The van der Waals surface area contributed by atoms with Gasteiger partial charge >= 0.3 is 6.18 Å². The van der Waals surface area contributed by atoms with Crippen molar-refractivity contribution in [3.63, 3.8) is 0 Å².